The Morgan fingerprint density at radius 2 is 1.67 bits per heavy atom. The Bertz CT molecular complexity index is 971. The van der Waals surface area contributed by atoms with E-state index in [9.17, 15) is 22.8 Å². The van der Waals surface area contributed by atoms with E-state index in [4.69, 9.17) is 9.90 Å². The van der Waals surface area contributed by atoms with Gasteiger partial charge in [0.25, 0.3) is 0 Å². The molecule has 7 nitrogen and oxygen atoms in total. The number of alkyl halides is 3. The second-order valence-corrected chi connectivity index (χ2v) is 8.51. The van der Waals surface area contributed by atoms with E-state index in [0.29, 0.717) is 26.1 Å². The molecule has 1 aliphatic heterocycles. The number of amides is 2. The van der Waals surface area contributed by atoms with Gasteiger partial charge in [0, 0.05) is 32.6 Å². The topological polar surface area (TPSA) is 98.7 Å². The van der Waals surface area contributed by atoms with Gasteiger partial charge in [0.05, 0.1) is 0 Å². The monoisotopic (exact) mass is 507 g/mol. The maximum Gasteiger partial charge on any atom is 0.490 e. The van der Waals surface area contributed by atoms with Crippen LogP contribution >= 0.6 is 0 Å². The summed E-state index contributed by atoms with van der Waals surface area (Å²) in [5.41, 5.74) is 2.44. The van der Waals surface area contributed by atoms with Crippen molar-refractivity contribution >= 4 is 17.8 Å². The highest BCUT2D eigenvalue weighted by Gasteiger charge is 2.38. The third kappa shape index (κ3) is 9.69. The highest BCUT2D eigenvalue weighted by molar-refractivity contribution is 5.88. The quantitative estimate of drug-likeness (QED) is 0.509. The van der Waals surface area contributed by atoms with Crippen LogP contribution in [0.2, 0.25) is 0 Å². The summed E-state index contributed by atoms with van der Waals surface area (Å²) in [4.78, 5) is 36.2. The summed E-state index contributed by atoms with van der Waals surface area (Å²) < 4.78 is 31.7. The lowest BCUT2D eigenvalue weighted by atomic mass is 10.0. The Balaban J connectivity index is 0.000000572. The number of carbonyl (C=O) groups excluding carboxylic acids is 2. The Kier molecular flexibility index (Phi) is 11.4. The van der Waals surface area contributed by atoms with Gasteiger partial charge in [0.15, 0.2) is 0 Å². The number of hydrogen-bond acceptors (Lipinski definition) is 4. The zero-order valence-electron chi connectivity index (χ0n) is 20.1. The minimum absolute atomic E-state index is 0.0682. The number of carboxylic acids is 1. The molecule has 0 bridgehead atoms. The molecule has 1 unspecified atom stereocenters. The predicted molar refractivity (Wildman–Crippen MR) is 129 cm³/mol. The van der Waals surface area contributed by atoms with Crippen molar-refractivity contribution in [2.45, 2.75) is 44.3 Å². The number of halogens is 3. The number of carbonyl (C=O) groups is 3. The fraction of sp³-hybridized carbons (Fsp3) is 0.423. The number of aliphatic carboxylic acids is 1. The van der Waals surface area contributed by atoms with E-state index in [0.717, 1.165) is 19.4 Å². The van der Waals surface area contributed by atoms with E-state index >= 15 is 0 Å². The van der Waals surface area contributed by atoms with Gasteiger partial charge in [0.2, 0.25) is 11.8 Å². The fourth-order valence-corrected chi connectivity index (χ4v) is 3.74. The van der Waals surface area contributed by atoms with Crippen LogP contribution in [0, 0.1) is 0 Å². The van der Waals surface area contributed by atoms with Crippen molar-refractivity contribution in [3.8, 4) is 0 Å². The summed E-state index contributed by atoms with van der Waals surface area (Å²) in [6.45, 7) is 4.48. The molecule has 196 valence electrons. The van der Waals surface area contributed by atoms with Crippen LogP contribution in [0.3, 0.4) is 0 Å². The number of benzene rings is 2. The summed E-state index contributed by atoms with van der Waals surface area (Å²) in [6.07, 6.45) is -2.94. The van der Waals surface area contributed by atoms with Crippen LogP contribution in [0.5, 0.6) is 0 Å². The standard InChI is InChI=1S/C24H31N3O2.C2HF3O2/c1-19(21-12-6-3-7-13-21)17-26-24(29)22-18-25-15-16-27(22)23(28)14-8-11-20-9-4-2-5-10-20;3-2(4,5)1(6)7/h2-7,9-10,12-13,19,22,25H,8,11,14-18H2,1H3,(H,26,29);(H,6,7)/t19?,22-;/m1./s1. The molecule has 0 spiro atoms. The Labute approximate surface area is 208 Å². The van der Waals surface area contributed by atoms with Gasteiger partial charge in [-0.15, -0.1) is 0 Å². The van der Waals surface area contributed by atoms with Gasteiger partial charge in [0.1, 0.15) is 6.04 Å². The number of piperazine rings is 1. The largest absolute Gasteiger partial charge is 0.490 e. The molecule has 0 saturated carbocycles. The van der Waals surface area contributed by atoms with Gasteiger partial charge >= 0.3 is 12.1 Å². The molecular formula is C26H32F3N3O4. The van der Waals surface area contributed by atoms with Crippen LogP contribution < -0.4 is 10.6 Å². The van der Waals surface area contributed by atoms with Crippen LogP contribution in [0.4, 0.5) is 13.2 Å². The molecule has 1 heterocycles. The van der Waals surface area contributed by atoms with E-state index in [1.54, 1.807) is 4.90 Å². The van der Waals surface area contributed by atoms with Crippen LogP contribution in [-0.4, -0.2) is 66.2 Å². The van der Waals surface area contributed by atoms with Gasteiger partial charge in [-0.05, 0) is 29.9 Å². The van der Waals surface area contributed by atoms with Crippen molar-refractivity contribution in [3.05, 3.63) is 71.8 Å². The van der Waals surface area contributed by atoms with Crippen LogP contribution in [0.25, 0.3) is 0 Å². The van der Waals surface area contributed by atoms with Gasteiger partial charge in [-0.1, -0.05) is 67.6 Å². The lowest BCUT2D eigenvalue weighted by Gasteiger charge is -2.35. The molecular weight excluding hydrogens is 475 g/mol. The van der Waals surface area contributed by atoms with E-state index in [1.807, 2.05) is 36.4 Å². The molecule has 1 saturated heterocycles. The van der Waals surface area contributed by atoms with Crippen molar-refractivity contribution in [3.63, 3.8) is 0 Å². The van der Waals surface area contributed by atoms with Gasteiger partial charge in [-0.25, -0.2) is 4.79 Å². The van der Waals surface area contributed by atoms with Gasteiger partial charge in [-0.2, -0.15) is 13.2 Å². The average molecular weight is 508 g/mol. The van der Waals surface area contributed by atoms with Crippen LogP contribution in [0.15, 0.2) is 60.7 Å². The number of nitrogens with zero attached hydrogens (tertiary/aromatic N) is 1. The molecule has 1 fully saturated rings. The first-order valence-corrected chi connectivity index (χ1v) is 11.8. The second kappa shape index (κ2) is 14.2. The van der Waals surface area contributed by atoms with E-state index in [1.165, 1.54) is 11.1 Å². The molecule has 3 N–H and O–H groups in total. The van der Waals surface area contributed by atoms with Crippen molar-refractivity contribution in [2.24, 2.45) is 0 Å². The number of aryl methyl sites for hydroxylation is 1. The van der Waals surface area contributed by atoms with E-state index < -0.39 is 18.2 Å². The zero-order chi connectivity index (χ0) is 26.6. The highest BCUT2D eigenvalue weighted by atomic mass is 19.4. The van der Waals surface area contributed by atoms with Crippen molar-refractivity contribution in [1.29, 1.82) is 0 Å². The number of carboxylic acid groups (broad SMARTS) is 1. The Morgan fingerprint density at radius 1 is 1.08 bits per heavy atom. The summed E-state index contributed by atoms with van der Waals surface area (Å²) in [7, 11) is 0. The molecule has 0 aromatic heterocycles. The summed E-state index contributed by atoms with van der Waals surface area (Å²) in [5.74, 6) is -2.53. The SMILES string of the molecule is CC(CNC(=O)[C@H]1CNCCN1C(=O)CCCc1ccccc1)c1ccccc1.O=C(O)C(F)(F)F. The highest BCUT2D eigenvalue weighted by Crippen LogP contribution is 2.15. The first-order chi connectivity index (χ1) is 17.1. The molecule has 10 heteroatoms. The third-order valence-electron chi connectivity index (χ3n) is 5.76. The molecule has 1 aliphatic rings. The fourth-order valence-electron chi connectivity index (χ4n) is 3.74. The summed E-state index contributed by atoms with van der Waals surface area (Å²) in [5, 5.41) is 13.4. The molecule has 2 aromatic rings. The zero-order valence-corrected chi connectivity index (χ0v) is 20.1. The van der Waals surface area contributed by atoms with Crippen molar-refractivity contribution in [2.75, 3.05) is 26.2 Å². The van der Waals surface area contributed by atoms with Crippen molar-refractivity contribution in [1.82, 2.24) is 15.5 Å². The molecule has 36 heavy (non-hydrogen) atoms. The predicted octanol–water partition coefficient (Wildman–Crippen LogP) is 3.36. The third-order valence-corrected chi connectivity index (χ3v) is 5.76. The maximum atomic E-state index is 12.8. The minimum atomic E-state index is -5.08. The van der Waals surface area contributed by atoms with Crippen molar-refractivity contribution < 1.29 is 32.7 Å². The Morgan fingerprint density at radius 3 is 2.25 bits per heavy atom. The minimum Gasteiger partial charge on any atom is -0.475 e. The smallest absolute Gasteiger partial charge is 0.475 e. The molecule has 3 rings (SSSR count). The lowest BCUT2D eigenvalue weighted by Crippen LogP contribution is -2.59. The molecule has 0 aliphatic carbocycles. The van der Waals surface area contributed by atoms with Gasteiger partial charge in [-0.3, -0.25) is 9.59 Å². The van der Waals surface area contributed by atoms with Crippen LogP contribution in [-0.2, 0) is 20.8 Å². The summed E-state index contributed by atoms with van der Waals surface area (Å²) >= 11 is 0. The molecule has 2 aromatic carbocycles. The van der Waals surface area contributed by atoms with E-state index in [-0.39, 0.29) is 17.7 Å². The lowest BCUT2D eigenvalue weighted by molar-refractivity contribution is -0.192. The first kappa shape index (κ1) is 28.8. The van der Waals surface area contributed by atoms with E-state index in [2.05, 4.69) is 41.8 Å². The number of rotatable bonds is 8. The molecule has 0 radical (unpaired) electrons. The average Bonchev–Trinajstić information content (AvgIpc) is 2.88. The normalized spacial score (nSPS) is 16.3. The van der Waals surface area contributed by atoms with Crippen LogP contribution in [0.1, 0.15) is 36.8 Å². The second-order valence-electron chi connectivity index (χ2n) is 8.51. The number of hydrogen-bond donors (Lipinski definition) is 3. The van der Waals surface area contributed by atoms with Gasteiger partial charge < -0.3 is 20.6 Å². The molecule has 2 amide bonds. The molecule has 2 atom stereocenters. The maximum absolute atomic E-state index is 12.8. The Hall–Kier alpha value is -3.40. The summed E-state index contributed by atoms with van der Waals surface area (Å²) in [6, 6.07) is 19.9. The number of nitrogens with one attached hydrogen (secondary N) is 2. The first-order valence-electron chi connectivity index (χ1n) is 11.8.